The van der Waals surface area contributed by atoms with Gasteiger partial charge in [0.1, 0.15) is 5.75 Å². The van der Waals surface area contributed by atoms with Crippen molar-refractivity contribution in [3.05, 3.63) is 29.3 Å². The highest BCUT2D eigenvalue weighted by molar-refractivity contribution is 9.09. The standard InChI is InChI=1S/C10H7BrO2/c11-6-2-4-8-3-1-5-10(13)9(8)7-12/h1,3,5,7,13H,6H2. The van der Waals surface area contributed by atoms with E-state index in [1.165, 1.54) is 6.07 Å². The van der Waals surface area contributed by atoms with Crippen LogP contribution in [-0.4, -0.2) is 16.7 Å². The third kappa shape index (κ3) is 2.33. The monoisotopic (exact) mass is 238 g/mol. The molecule has 0 saturated heterocycles. The van der Waals surface area contributed by atoms with Gasteiger partial charge in [-0.3, -0.25) is 4.79 Å². The maximum absolute atomic E-state index is 10.6. The molecule has 66 valence electrons. The molecule has 1 aromatic carbocycles. The first-order valence-electron chi connectivity index (χ1n) is 3.61. The van der Waals surface area contributed by atoms with Crippen LogP contribution >= 0.6 is 15.9 Å². The summed E-state index contributed by atoms with van der Waals surface area (Å²) in [4.78, 5) is 10.6. The van der Waals surface area contributed by atoms with Gasteiger partial charge in [0.05, 0.1) is 10.9 Å². The van der Waals surface area contributed by atoms with E-state index in [0.717, 1.165) is 0 Å². The fraction of sp³-hybridized carbons (Fsp3) is 0.100. The van der Waals surface area contributed by atoms with Gasteiger partial charge in [0, 0.05) is 5.56 Å². The van der Waals surface area contributed by atoms with Gasteiger partial charge in [0.25, 0.3) is 0 Å². The van der Waals surface area contributed by atoms with Crippen molar-refractivity contribution in [3.8, 4) is 17.6 Å². The highest BCUT2D eigenvalue weighted by atomic mass is 79.9. The molecule has 0 saturated carbocycles. The molecule has 2 nitrogen and oxygen atoms in total. The fourth-order valence-electron chi connectivity index (χ4n) is 0.915. The Labute approximate surface area is 84.7 Å². The van der Waals surface area contributed by atoms with Crippen molar-refractivity contribution >= 4 is 22.2 Å². The molecule has 0 aromatic heterocycles. The molecular weight excluding hydrogens is 232 g/mol. The number of alkyl halides is 1. The SMILES string of the molecule is O=Cc1c(O)cccc1C#CCBr. The van der Waals surface area contributed by atoms with Crippen molar-refractivity contribution in [2.75, 3.05) is 5.33 Å². The molecular formula is C10H7BrO2. The van der Waals surface area contributed by atoms with E-state index in [9.17, 15) is 9.90 Å². The van der Waals surface area contributed by atoms with Crippen LogP contribution in [0, 0.1) is 11.8 Å². The Balaban J connectivity index is 3.20. The molecule has 0 heterocycles. The molecule has 0 radical (unpaired) electrons. The summed E-state index contributed by atoms with van der Waals surface area (Å²) in [5, 5.41) is 9.82. The molecule has 1 aromatic rings. The summed E-state index contributed by atoms with van der Waals surface area (Å²) in [6.07, 6.45) is 0.605. The number of phenols is 1. The third-order valence-electron chi connectivity index (χ3n) is 1.49. The van der Waals surface area contributed by atoms with Crippen LogP contribution in [0.25, 0.3) is 0 Å². The van der Waals surface area contributed by atoms with E-state index in [-0.39, 0.29) is 11.3 Å². The van der Waals surface area contributed by atoms with E-state index < -0.39 is 0 Å². The average molecular weight is 239 g/mol. The molecule has 3 heteroatoms. The number of carbonyl (C=O) groups is 1. The van der Waals surface area contributed by atoms with Gasteiger partial charge in [0.2, 0.25) is 0 Å². The first-order chi connectivity index (χ1) is 6.29. The number of halogens is 1. The first-order valence-corrected chi connectivity index (χ1v) is 4.73. The zero-order valence-electron chi connectivity index (χ0n) is 6.75. The van der Waals surface area contributed by atoms with Crippen molar-refractivity contribution < 1.29 is 9.90 Å². The average Bonchev–Trinajstić information content (AvgIpc) is 2.15. The van der Waals surface area contributed by atoms with Gasteiger partial charge in [-0.15, -0.1) is 0 Å². The summed E-state index contributed by atoms with van der Waals surface area (Å²) in [5.74, 6) is 5.50. The second-order valence-corrected chi connectivity index (χ2v) is 2.85. The first kappa shape index (κ1) is 9.82. The van der Waals surface area contributed by atoms with Crippen LogP contribution in [0.3, 0.4) is 0 Å². The Kier molecular flexibility index (Phi) is 3.53. The normalized spacial score (nSPS) is 8.69. The highest BCUT2D eigenvalue weighted by Gasteiger charge is 2.03. The van der Waals surface area contributed by atoms with Crippen LogP contribution in [0.4, 0.5) is 0 Å². The Bertz CT molecular complexity index is 374. The molecule has 0 unspecified atom stereocenters. The summed E-state index contributed by atoms with van der Waals surface area (Å²) >= 11 is 3.15. The van der Waals surface area contributed by atoms with Crippen LogP contribution in [0.1, 0.15) is 15.9 Å². The maximum atomic E-state index is 10.6. The number of carbonyl (C=O) groups excluding carboxylic acids is 1. The lowest BCUT2D eigenvalue weighted by molar-refractivity contribution is 0.112. The predicted octanol–water partition coefficient (Wildman–Crippen LogP) is 1.95. The van der Waals surface area contributed by atoms with Gasteiger partial charge in [-0.25, -0.2) is 0 Å². The number of phenolic OH excluding ortho intramolecular Hbond substituents is 1. The maximum Gasteiger partial charge on any atom is 0.155 e. The van der Waals surface area contributed by atoms with E-state index in [4.69, 9.17) is 0 Å². The van der Waals surface area contributed by atoms with Crippen LogP contribution in [0.15, 0.2) is 18.2 Å². The second-order valence-electron chi connectivity index (χ2n) is 2.29. The lowest BCUT2D eigenvalue weighted by Gasteiger charge is -1.98. The zero-order valence-corrected chi connectivity index (χ0v) is 8.34. The number of hydrogen-bond acceptors (Lipinski definition) is 2. The van der Waals surface area contributed by atoms with E-state index in [1.54, 1.807) is 12.1 Å². The molecule has 0 bridgehead atoms. The Morgan fingerprint density at radius 3 is 2.92 bits per heavy atom. The molecule has 0 aliphatic carbocycles. The van der Waals surface area contributed by atoms with Crippen molar-refractivity contribution in [3.63, 3.8) is 0 Å². The fourth-order valence-corrected chi connectivity index (χ4v) is 1.05. The van der Waals surface area contributed by atoms with Crippen LogP contribution in [-0.2, 0) is 0 Å². The minimum atomic E-state index is -0.0311. The third-order valence-corrected chi connectivity index (χ3v) is 1.77. The Morgan fingerprint density at radius 1 is 1.54 bits per heavy atom. The molecule has 1 rings (SSSR count). The second kappa shape index (κ2) is 4.68. The van der Waals surface area contributed by atoms with Gasteiger partial charge in [0.15, 0.2) is 6.29 Å². The minimum Gasteiger partial charge on any atom is -0.507 e. The summed E-state index contributed by atoms with van der Waals surface area (Å²) in [7, 11) is 0. The lowest BCUT2D eigenvalue weighted by Crippen LogP contribution is -1.87. The number of aldehydes is 1. The van der Waals surface area contributed by atoms with E-state index >= 15 is 0 Å². The van der Waals surface area contributed by atoms with E-state index in [1.807, 2.05) is 0 Å². The molecule has 0 atom stereocenters. The molecule has 13 heavy (non-hydrogen) atoms. The van der Waals surface area contributed by atoms with Crippen LogP contribution in [0.2, 0.25) is 0 Å². The highest BCUT2D eigenvalue weighted by Crippen LogP contribution is 2.17. The van der Waals surface area contributed by atoms with Crippen LogP contribution in [0.5, 0.6) is 5.75 Å². The quantitative estimate of drug-likeness (QED) is 0.462. The van der Waals surface area contributed by atoms with Gasteiger partial charge in [-0.1, -0.05) is 33.8 Å². The lowest BCUT2D eigenvalue weighted by atomic mass is 10.1. The summed E-state index contributed by atoms with van der Waals surface area (Å²) in [6.45, 7) is 0. The van der Waals surface area contributed by atoms with Crippen molar-refractivity contribution in [1.29, 1.82) is 0 Å². The number of aromatic hydroxyl groups is 1. The summed E-state index contributed by atoms with van der Waals surface area (Å²) < 4.78 is 0. The van der Waals surface area contributed by atoms with Crippen molar-refractivity contribution in [2.45, 2.75) is 0 Å². The number of rotatable bonds is 1. The molecule has 0 amide bonds. The molecule has 0 aliphatic heterocycles. The van der Waals surface area contributed by atoms with Gasteiger partial charge in [-0.2, -0.15) is 0 Å². The van der Waals surface area contributed by atoms with Crippen LogP contribution < -0.4 is 0 Å². The predicted molar refractivity (Wildman–Crippen MR) is 54.2 cm³/mol. The summed E-state index contributed by atoms with van der Waals surface area (Å²) in [5.41, 5.74) is 0.797. The Morgan fingerprint density at radius 2 is 2.31 bits per heavy atom. The van der Waals surface area contributed by atoms with E-state index in [2.05, 4.69) is 27.8 Å². The largest absolute Gasteiger partial charge is 0.507 e. The smallest absolute Gasteiger partial charge is 0.155 e. The molecule has 1 N–H and O–H groups in total. The number of hydrogen-bond donors (Lipinski definition) is 1. The summed E-state index contributed by atoms with van der Waals surface area (Å²) in [6, 6.07) is 4.81. The molecule has 0 aliphatic rings. The van der Waals surface area contributed by atoms with Gasteiger partial charge in [-0.05, 0) is 12.1 Å². The van der Waals surface area contributed by atoms with Gasteiger partial charge < -0.3 is 5.11 Å². The molecule has 0 spiro atoms. The number of benzene rings is 1. The zero-order chi connectivity index (χ0) is 9.68. The van der Waals surface area contributed by atoms with Gasteiger partial charge >= 0.3 is 0 Å². The van der Waals surface area contributed by atoms with Crippen molar-refractivity contribution in [1.82, 2.24) is 0 Å². The Hall–Kier alpha value is -1.27. The topological polar surface area (TPSA) is 37.3 Å². The molecule has 0 fully saturated rings. The van der Waals surface area contributed by atoms with Crippen molar-refractivity contribution in [2.24, 2.45) is 0 Å². The van der Waals surface area contributed by atoms with E-state index in [0.29, 0.717) is 17.2 Å². The minimum absolute atomic E-state index is 0.0311.